The fraction of sp³-hybridized carbons (Fsp3) is 0.0714. The van der Waals surface area contributed by atoms with Crippen molar-refractivity contribution < 1.29 is 4.39 Å². The van der Waals surface area contributed by atoms with Gasteiger partial charge < -0.3 is 5.73 Å². The number of hydrogen-bond acceptors (Lipinski definition) is 4. The van der Waals surface area contributed by atoms with E-state index >= 15 is 0 Å². The largest absolute Gasteiger partial charge is 0.399 e. The molecule has 2 N–H and O–H groups in total. The number of nitrogens with zero attached hydrogens (tertiary/aromatic N) is 4. The van der Waals surface area contributed by atoms with Crippen molar-refractivity contribution in [2.45, 2.75) is 6.92 Å². The van der Waals surface area contributed by atoms with Crippen LogP contribution < -0.4 is 5.73 Å². The molecule has 0 unspecified atom stereocenters. The number of anilines is 1. The summed E-state index contributed by atoms with van der Waals surface area (Å²) in [4.78, 5) is 0. The minimum absolute atomic E-state index is 0.276. The molecule has 0 radical (unpaired) electrons. The smallest absolute Gasteiger partial charge is 0.187 e. The molecule has 0 spiro atoms. The van der Waals surface area contributed by atoms with Gasteiger partial charge in [-0.2, -0.15) is 4.68 Å². The Morgan fingerprint density at radius 1 is 1.19 bits per heavy atom. The average Bonchev–Trinajstić information content (AvgIpc) is 2.86. The van der Waals surface area contributed by atoms with Crippen molar-refractivity contribution >= 4 is 21.6 Å². The number of halogens is 2. The highest BCUT2D eigenvalue weighted by atomic mass is 79.9. The van der Waals surface area contributed by atoms with Gasteiger partial charge in [0.2, 0.25) is 0 Å². The van der Waals surface area contributed by atoms with Crippen LogP contribution in [0.5, 0.6) is 0 Å². The second-order valence-electron chi connectivity index (χ2n) is 4.64. The molecule has 0 saturated heterocycles. The van der Waals surface area contributed by atoms with Crippen LogP contribution in [0.3, 0.4) is 0 Å². The quantitative estimate of drug-likeness (QED) is 0.723. The summed E-state index contributed by atoms with van der Waals surface area (Å²) >= 11 is 3.22. The molecule has 0 saturated carbocycles. The molecule has 0 amide bonds. The fourth-order valence-electron chi connectivity index (χ4n) is 2.12. The lowest BCUT2D eigenvalue weighted by atomic mass is 10.1. The SMILES string of the molecule is Cc1cc(N)cc(-c2nnnn2-c2ccc(Br)cc2F)c1. The maximum absolute atomic E-state index is 14.1. The molecule has 1 heterocycles. The molecule has 7 heteroatoms. The van der Waals surface area contributed by atoms with Crippen LogP contribution in [0, 0.1) is 12.7 Å². The van der Waals surface area contributed by atoms with Crippen LogP contribution in [0.4, 0.5) is 10.1 Å². The summed E-state index contributed by atoms with van der Waals surface area (Å²) in [5.41, 5.74) is 8.45. The molecule has 106 valence electrons. The fourth-order valence-corrected chi connectivity index (χ4v) is 2.46. The third-order valence-electron chi connectivity index (χ3n) is 2.97. The summed E-state index contributed by atoms with van der Waals surface area (Å²) in [5.74, 6) is 0.0187. The zero-order chi connectivity index (χ0) is 15.0. The molecule has 1 aromatic heterocycles. The van der Waals surface area contributed by atoms with Gasteiger partial charge in [-0.05, 0) is 59.3 Å². The summed E-state index contributed by atoms with van der Waals surface area (Å²) in [6.07, 6.45) is 0. The Hall–Kier alpha value is -2.28. The Kier molecular flexibility index (Phi) is 3.42. The Labute approximate surface area is 128 Å². The summed E-state index contributed by atoms with van der Waals surface area (Å²) in [5, 5.41) is 11.5. The van der Waals surface area contributed by atoms with E-state index in [1.165, 1.54) is 10.7 Å². The summed E-state index contributed by atoms with van der Waals surface area (Å²) in [7, 11) is 0. The third-order valence-corrected chi connectivity index (χ3v) is 3.46. The highest BCUT2D eigenvalue weighted by Gasteiger charge is 2.15. The van der Waals surface area contributed by atoms with Gasteiger partial charge in [-0.3, -0.25) is 0 Å². The monoisotopic (exact) mass is 347 g/mol. The predicted molar refractivity (Wildman–Crippen MR) is 81.4 cm³/mol. The van der Waals surface area contributed by atoms with E-state index in [1.54, 1.807) is 18.2 Å². The van der Waals surface area contributed by atoms with Gasteiger partial charge in [0, 0.05) is 15.7 Å². The summed E-state index contributed by atoms with van der Waals surface area (Å²) in [6.45, 7) is 1.92. The lowest BCUT2D eigenvalue weighted by Crippen LogP contribution is -2.03. The van der Waals surface area contributed by atoms with E-state index < -0.39 is 5.82 Å². The van der Waals surface area contributed by atoms with Crippen LogP contribution in [-0.2, 0) is 0 Å². The number of rotatable bonds is 2. The molecular formula is C14H11BrFN5. The van der Waals surface area contributed by atoms with Crippen molar-refractivity contribution in [3.8, 4) is 17.1 Å². The van der Waals surface area contributed by atoms with Crippen molar-refractivity contribution in [3.63, 3.8) is 0 Å². The van der Waals surface area contributed by atoms with Gasteiger partial charge in [0.05, 0.1) is 0 Å². The number of hydrogen-bond donors (Lipinski definition) is 1. The van der Waals surface area contributed by atoms with Crippen molar-refractivity contribution in [1.82, 2.24) is 20.2 Å². The molecule has 0 aliphatic heterocycles. The van der Waals surface area contributed by atoms with E-state index in [2.05, 4.69) is 31.5 Å². The minimum atomic E-state index is -0.418. The Balaban J connectivity index is 2.17. The highest BCUT2D eigenvalue weighted by molar-refractivity contribution is 9.10. The second kappa shape index (κ2) is 5.25. The number of benzene rings is 2. The van der Waals surface area contributed by atoms with E-state index in [-0.39, 0.29) is 5.69 Å². The second-order valence-corrected chi connectivity index (χ2v) is 5.56. The van der Waals surface area contributed by atoms with Gasteiger partial charge >= 0.3 is 0 Å². The van der Waals surface area contributed by atoms with Crippen LogP contribution in [0.2, 0.25) is 0 Å². The molecular weight excluding hydrogens is 337 g/mol. The Morgan fingerprint density at radius 3 is 2.71 bits per heavy atom. The van der Waals surface area contributed by atoms with Crippen molar-refractivity contribution in [2.24, 2.45) is 0 Å². The van der Waals surface area contributed by atoms with Crippen LogP contribution in [-0.4, -0.2) is 20.2 Å². The van der Waals surface area contributed by atoms with Crippen LogP contribution >= 0.6 is 15.9 Å². The maximum atomic E-state index is 14.1. The first kappa shape index (κ1) is 13.7. The van der Waals surface area contributed by atoms with Gasteiger partial charge in [0.1, 0.15) is 11.5 Å². The van der Waals surface area contributed by atoms with Crippen molar-refractivity contribution in [2.75, 3.05) is 5.73 Å². The zero-order valence-electron chi connectivity index (χ0n) is 11.1. The number of tetrazole rings is 1. The van der Waals surface area contributed by atoms with Gasteiger partial charge in [0.25, 0.3) is 0 Å². The Morgan fingerprint density at radius 2 is 2.00 bits per heavy atom. The first-order valence-corrected chi connectivity index (χ1v) is 6.95. The van der Waals surface area contributed by atoms with Crippen LogP contribution in [0.1, 0.15) is 5.56 Å². The molecule has 3 aromatic rings. The van der Waals surface area contributed by atoms with E-state index in [0.29, 0.717) is 16.0 Å². The molecule has 0 aliphatic carbocycles. The number of aromatic nitrogens is 4. The number of aryl methyl sites for hydroxylation is 1. The summed E-state index contributed by atoms with van der Waals surface area (Å²) in [6, 6.07) is 10.2. The normalized spacial score (nSPS) is 10.8. The minimum Gasteiger partial charge on any atom is -0.399 e. The van der Waals surface area contributed by atoms with E-state index in [9.17, 15) is 4.39 Å². The maximum Gasteiger partial charge on any atom is 0.187 e. The number of nitrogen functional groups attached to an aromatic ring is 1. The first-order valence-electron chi connectivity index (χ1n) is 6.16. The van der Waals surface area contributed by atoms with E-state index in [4.69, 9.17) is 5.73 Å². The molecule has 0 bridgehead atoms. The molecule has 21 heavy (non-hydrogen) atoms. The zero-order valence-corrected chi connectivity index (χ0v) is 12.7. The van der Waals surface area contributed by atoms with Crippen molar-refractivity contribution in [1.29, 1.82) is 0 Å². The lowest BCUT2D eigenvalue weighted by Gasteiger charge is -2.07. The van der Waals surface area contributed by atoms with Crippen LogP contribution in [0.15, 0.2) is 40.9 Å². The average molecular weight is 348 g/mol. The van der Waals surface area contributed by atoms with Gasteiger partial charge in [-0.25, -0.2) is 4.39 Å². The molecule has 3 rings (SSSR count). The summed E-state index contributed by atoms with van der Waals surface area (Å²) < 4.78 is 16.1. The van der Waals surface area contributed by atoms with Crippen molar-refractivity contribution in [3.05, 3.63) is 52.3 Å². The lowest BCUT2D eigenvalue weighted by molar-refractivity contribution is 0.607. The molecule has 0 aliphatic rings. The molecule has 2 aromatic carbocycles. The Bertz CT molecular complexity index is 795. The molecule has 5 nitrogen and oxygen atoms in total. The molecule has 0 atom stereocenters. The predicted octanol–water partition coefficient (Wildman–Crippen LogP) is 3.12. The topological polar surface area (TPSA) is 69.6 Å². The van der Waals surface area contributed by atoms with Gasteiger partial charge in [-0.1, -0.05) is 15.9 Å². The highest BCUT2D eigenvalue weighted by Crippen LogP contribution is 2.25. The van der Waals surface area contributed by atoms with Crippen LogP contribution in [0.25, 0.3) is 17.1 Å². The first-order chi connectivity index (χ1) is 10.0. The third kappa shape index (κ3) is 2.64. The standard InChI is InChI=1S/C14H11BrFN5/c1-8-4-9(6-11(17)5-8)14-18-19-20-21(14)13-3-2-10(15)7-12(13)16/h2-7H,17H2,1H3. The van der Waals surface area contributed by atoms with E-state index in [1.807, 2.05) is 19.1 Å². The van der Waals surface area contributed by atoms with E-state index in [0.717, 1.165) is 11.1 Å². The molecule has 0 fully saturated rings. The van der Waals surface area contributed by atoms with Gasteiger partial charge in [-0.15, -0.1) is 5.10 Å². The number of nitrogens with two attached hydrogens (primary N) is 1. The van der Waals surface area contributed by atoms with Gasteiger partial charge in [0.15, 0.2) is 5.82 Å².